The number of rotatable bonds is 4. The quantitative estimate of drug-likeness (QED) is 0.557. The Balaban J connectivity index is 1.38. The number of nitrogens with zero attached hydrogens (tertiary/aromatic N) is 2. The van der Waals surface area contributed by atoms with Gasteiger partial charge in [0.15, 0.2) is 17.9 Å². The molecule has 4 aliphatic rings. The van der Waals surface area contributed by atoms with Crippen LogP contribution in [-0.4, -0.2) is 66.7 Å². The topological polar surface area (TPSA) is 81.8 Å². The van der Waals surface area contributed by atoms with Crippen molar-refractivity contribution in [2.24, 2.45) is 0 Å². The van der Waals surface area contributed by atoms with Crippen molar-refractivity contribution < 1.29 is 23.2 Å². The van der Waals surface area contributed by atoms with Crippen LogP contribution in [0.5, 0.6) is 0 Å². The molecule has 4 aliphatic heterocycles. The highest BCUT2D eigenvalue weighted by atomic mass is 19.2. The van der Waals surface area contributed by atoms with Gasteiger partial charge in [0.2, 0.25) is 5.78 Å². The molecule has 0 saturated carbocycles. The maximum Gasteiger partial charge on any atom is 0.257 e. The van der Waals surface area contributed by atoms with E-state index < -0.39 is 29.4 Å². The van der Waals surface area contributed by atoms with Crippen LogP contribution in [-0.2, 0) is 16.1 Å². The second-order valence-corrected chi connectivity index (χ2v) is 8.35. The normalized spacial score (nSPS) is 30.8. The third-order valence-corrected chi connectivity index (χ3v) is 6.74. The number of carbonyl (C=O) groups is 3. The smallest absolute Gasteiger partial charge is 0.257 e. The molecule has 0 spiro atoms. The van der Waals surface area contributed by atoms with Gasteiger partial charge in [0.05, 0.1) is 17.3 Å². The summed E-state index contributed by atoms with van der Waals surface area (Å²) in [5, 5.41) is 6.33. The van der Waals surface area contributed by atoms with Gasteiger partial charge in [-0.25, -0.2) is 8.78 Å². The minimum absolute atomic E-state index is 0.148. The number of piperazine rings is 1. The number of hydrogen-bond donors (Lipinski definition) is 2. The number of benzene rings is 1. The van der Waals surface area contributed by atoms with E-state index in [0.29, 0.717) is 43.8 Å². The minimum atomic E-state index is -1.07. The zero-order valence-electron chi connectivity index (χ0n) is 15.8. The zero-order chi connectivity index (χ0) is 20.3. The maximum absolute atomic E-state index is 14.9. The first-order valence-corrected chi connectivity index (χ1v) is 10.0. The van der Waals surface area contributed by atoms with Gasteiger partial charge in [0.1, 0.15) is 0 Å². The van der Waals surface area contributed by atoms with Gasteiger partial charge >= 0.3 is 0 Å². The molecule has 29 heavy (non-hydrogen) atoms. The van der Waals surface area contributed by atoms with Crippen LogP contribution in [0.25, 0.3) is 0 Å². The van der Waals surface area contributed by atoms with Crippen LogP contribution in [0.4, 0.5) is 14.5 Å². The molecule has 0 aromatic heterocycles. The number of Topliss-reactive ketones (excluding diaryl/α,β-unsaturated/α-hetero) is 1. The number of carbonyl (C=O) groups excluding carboxylic acids is 3. The Bertz CT molecular complexity index is 900. The molecular formula is C20H22F2N4O3. The Morgan fingerprint density at radius 3 is 2.52 bits per heavy atom. The van der Waals surface area contributed by atoms with Crippen molar-refractivity contribution in [3.05, 3.63) is 28.8 Å². The summed E-state index contributed by atoms with van der Waals surface area (Å²) in [6, 6.07) is 1.30. The monoisotopic (exact) mass is 404 g/mol. The van der Waals surface area contributed by atoms with Crippen LogP contribution < -0.4 is 15.5 Å². The molecule has 1 aromatic rings. The molecule has 3 fully saturated rings. The fraction of sp³-hybridized carbons (Fsp3) is 0.550. The van der Waals surface area contributed by atoms with Crippen molar-refractivity contribution in [1.82, 2.24) is 15.5 Å². The van der Waals surface area contributed by atoms with Crippen LogP contribution in [0.1, 0.15) is 35.2 Å². The lowest BCUT2D eigenvalue weighted by atomic mass is 9.97. The van der Waals surface area contributed by atoms with E-state index in [9.17, 15) is 23.2 Å². The summed E-state index contributed by atoms with van der Waals surface area (Å²) in [5.74, 6) is -3.05. The molecular weight excluding hydrogens is 382 g/mol. The fourth-order valence-electron chi connectivity index (χ4n) is 5.21. The maximum atomic E-state index is 14.9. The van der Waals surface area contributed by atoms with Gasteiger partial charge in [-0.05, 0) is 30.9 Å². The van der Waals surface area contributed by atoms with Gasteiger partial charge in [-0.1, -0.05) is 0 Å². The first-order valence-electron chi connectivity index (χ1n) is 10.0. The van der Waals surface area contributed by atoms with E-state index in [1.807, 2.05) is 4.90 Å². The Kier molecular flexibility index (Phi) is 4.40. The molecule has 2 N–H and O–H groups in total. The van der Waals surface area contributed by atoms with E-state index in [2.05, 4.69) is 10.6 Å². The molecule has 5 rings (SSSR count). The predicted octanol–water partition coefficient (Wildman–Crippen LogP) is 0.360. The SMILES string of the molecule is O=CC(=O)C1CCC(N2Cc3cc(N4CC5CC4CN5)c(F)c(F)c3C2=O)CN1. The number of hydrogen-bond acceptors (Lipinski definition) is 6. The van der Waals surface area contributed by atoms with Crippen molar-refractivity contribution >= 4 is 23.7 Å². The summed E-state index contributed by atoms with van der Waals surface area (Å²) >= 11 is 0. The van der Waals surface area contributed by atoms with E-state index in [-0.39, 0.29) is 29.9 Å². The Morgan fingerprint density at radius 1 is 1.10 bits per heavy atom. The van der Waals surface area contributed by atoms with E-state index >= 15 is 0 Å². The summed E-state index contributed by atoms with van der Waals surface area (Å²) in [5.41, 5.74) is 0.564. The minimum Gasteiger partial charge on any atom is -0.363 e. The van der Waals surface area contributed by atoms with E-state index in [1.54, 1.807) is 11.0 Å². The van der Waals surface area contributed by atoms with Crippen molar-refractivity contribution in [2.45, 2.75) is 50.0 Å². The lowest BCUT2D eigenvalue weighted by molar-refractivity contribution is -0.131. The predicted molar refractivity (Wildman–Crippen MR) is 99.7 cm³/mol. The molecule has 7 nitrogen and oxygen atoms in total. The largest absolute Gasteiger partial charge is 0.363 e. The van der Waals surface area contributed by atoms with Crippen molar-refractivity contribution in [3.8, 4) is 0 Å². The van der Waals surface area contributed by atoms with Crippen molar-refractivity contribution in [3.63, 3.8) is 0 Å². The fourth-order valence-corrected chi connectivity index (χ4v) is 5.21. The molecule has 1 aromatic carbocycles. The number of nitrogens with one attached hydrogen (secondary N) is 2. The van der Waals surface area contributed by atoms with Crippen LogP contribution >= 0.6 is 0 Å². The van der Waals surface area contributed by atoms with Gasteiger partial charge in [-0.15, -0.1) is 0 Å². The van der Waals surface area contributed by atoms with E-state index in [4.69, 9.17) is 0 Å². The summed E-state index contributed by atoms with van der Waals surface area (Å²) in [4.78, 5) is 38.5. The average molecular weight is 404 g/mol. The van der Waals surface area contributed by atoms with Crippen molar-refractivity contribution in [2.75, 3.05) is 24.5 Å². The highest BCUT2D eigenvalue weighted by molar-refractivity contribution is 6.27. The molecule has 9 heteroatoms. The lowest BCUT2D eigenvalue weighted by Gasteiger charge is -2.34. The zero-order valence-corrected chi connectivity index (χ0v) is 15.8. The third-order valence-electron chi connectivity index (χ3n) is 6.74. The Morgan fingerprint density at radius 2 is 1.90 bits per heavy atom. The van der Waals surface area contributed by atoms with Crippen LogP contribution in [0.2, 0.25) is 0 Å². The van der Waals surface area contributed by atoms with Gasteiger partial charge in [0.25, 0.3) is 5.91 Å². The summed E-state index contributed by atoms with van der Waals surface area (Å²) in [6.45, 7) is 1.94. The number of anilines is 1. The highest BCUT2D eigenvalue weighted by Crippen LogP contribution is 2.38. The Hall–Kier alpha value is -2.39. The summed E-state index contributed by atoms with van der Waals surface area (Å²) in [7, 11) is 0. The summed E-state index contributed by atoms with van der Waals surface area (Å²) < 4.78 is 29.8. The number of amides is 1. The first kappa shape index (κ1) is 18.6. The molecule has 4 unspecified atom stereocenters. The molecule has 3 saturated heterocycles. The molecule has 4 heterocycles. The van der Waals surface area contributed by atoms with Crippen LogP contribution in [0.15, 0.2) is 6.07 Å². The Labute approximate surface area is 166 Å². The third kappa shape index (κ3) is 2.86. The van der Waals surface area contributed by atoms with Gasteiger partial charge < -0.3 is 20.4 Å². The van der Waals surface area contributed by atoms with Gasteiger partial charge in [-0.2, -0.15) is 0 Å². The second-order valence-electron chi connectivity index (χ2n) is 8.35. The standard InChI is InChI=1S/C20H22F2N4O3/c21-18-15(25-8-11-4-13(25)6-23-11)3-10-7-26(20(29)17(10)19(18)22)12-1-2-14(24-5-12)16(28)9-27/h3,9,11-14,23-24H,1-2,4-8H2. The molecule has 4 atom stereocenters. The lowest BCUT2D eigenvalue weighted by Crippen LogP contribution is -2.52. The van der Waals surface area contributed by atoms with Crippen molar-refractivity contribution in [1.29, 1.82) is 0 Å². The van der Waals surface area contributed by atoms with Crippen LogP contribution in [0, 0.1) is 11.6 Å². The molecule has 0 radical (unpaired) electrons. The number of aldehydes is 1. The number of halogens is 2. The number of ketones is 1. The first-order chi connectivity index (χ1) is 14.0. The molecule has 0 aliphatic carbocycles. The number of piperidine rings is 1. The average Bonchev–Trinajstić information content (AvgIpc) is 3.45. The van der Waals surface area contributed by atoms with Gasteiger partial charge in [0, 0.05) is 44.3 Å². The van der Waals surface area contributed by atoms with E-state index in [1.165, 1.54) is 0 Å². The van der Waals surface area contributed by atoms with E-state index in [0.717, 1.165) is 13.0 Å². The summed E-state index contributed by atoms with van der Waals surface area (Å²) in [6.07, 6.45) is 2.16. The second kappa shape index (κ2) is 6.84. The highest BCUT2D eigenvalue weighted by Gasteiger charge is 2.43. The van der Waals surface area contributed by atoms with Crippen LogP contribution in [0.3, 0.4) is 0 Å². The molecule has 154 valence electrons. The molecule has 1 amide bonds. The van der Waals surface area contributed by atoms with Gasteiger partial charge in [-0.3, -0.25) is 14.4 Å². The molecule has 2 bridgehead atoms. The number of fused-ring (bicyclic) bond motifs is 3.